The average molecular weight is 185 g/mol. The molecule has 5 heteroatoms. The summed E-state index contributed by atoms with van der Waals surface area (Å²) >= 11 is 0. The molecule has 1 rings (SSSR count). The molecule has 0 amide bonds. The summed E-state index contributed by atoms with van der Waals surface area (Å²) < 4.78 is 8.93. The van der Waals surface area contributed by atoms with Crippen molar-refractivity contribution < 1.29 is 26.4 Å². The number of halogens is 1. The van der Waals surface area contributed by atoms with Gasteiger partial charge in [0.1, 0.15) is 0 Å². The van der Waals surface area contributed by atoms with Crippen molar-refractivity contribution in [2.45, 2.75) is 0 Å². The van der Waals surface area contributed by atoms with Crippen LogP contribution in [0.1, 0.15) is 10.6 Å². The summed E-state index contributed by atoms with van der Waals surface area (Å²) in [5.74, 6) is -0.297. The molecule has 0 saturated heterocycles. The summed E-state index contributed by atoms with van der Waals surface area (Å²) in [4.78, 5) is 10.5. The molecule has 0 unspecified atom stereocenters. The molecule has 11 heavy (non-hydrogen) atoms. The Morgan fingerprint density at radius 1 is 1.73 bits per heavy atom. The third-order valence-electron chi connectivity index (χ3n) is 0.858. The average Bonchev–Trinajstić information content (AvgIpc) is 2.37. The van der Waals surface area contributed by atoms with E-state index in [0.717, 1.165) is 0 Å². The first-order chi connectivity index (χ1) is 4.34. The number of furan rings is 1. The number of hydrogen-bond acceptors (Lipinski definition) is 3. The van der Waals surface area contributed by atoms with Crippen molar-refractivity contribution in [3.63, 3.8) is 0 Å². The summed E-state index contributed by atoms with van der Waals surface area (Å²) in [6, 6.07) is 3.00. The molecule has 0 spiro atoms. The van der Waals surface area contributed by atoms with Gasteiger partial charge < -0.3 is 21.6 Å². The number of carbonyl (C=O) groups excluding carboxylic acids is 1. The quantitative estimate of drug-likeness (QED) is 0.275. The molecule has 0 fully saturated rings. The van der Waals surface area contributed by atoms with Crippen LogP contribution in [0.5, 0.6) is 0 Å². The SMILES string of the molecule is COC(=O)c1cc[c-]o1.[Cl-].[Mg+2]. The monoisotopic (exact) mass is 184 g/mol. The van der Waals surface area contributed by atoms with E-state index in [-0.39, 0.29) is 41.2 Å². The van der Waals surface area contributed by atoms with Crippen LogP contribution in [0, 0.1) is 6.26 Å². The van der Waals surface area contributed by atoms with Crippen LogP contribution in [-0.2, 0) is 4.74 Å². The van der Waals surface area contributed by atoms with Crippen molar-refractivity contribution in [3.8, 4) is 0 Å². The Morgan fingerprint density at radius 2 is 2.36 bits per heavy atom. The summed E-state index contributed by atoms with van der Waals surface area (Å²) in [7, 11) is 1.30. The normalized spacial score (nSPS) is 7.36. The van der Waals surface area contributed by atoms with E-state index in [0.29, 0.717) is 0 Å². The van der Waals surface area contributed by atoms with Gasteiger partial charge in [0.25, 0.3) is 0 Å². The molecule has 1 aromatic rings. The Morgan fingerprint density at radius 3 is 2.73 bits per heavy atom. The molecule has 0 atom stereocenters. The molecule has 0 radical (unpaired) electrons. The zero-order valence-corrected chi connectivity index (χ0v) is 8.13. The fraction of sp³-hybridized carbons (Fsp3) is 0.167. The fourth-order valence-electron chi connectivity index (χ4n) is 0.452. The Hall–Kier alpha value is -0.194. The molecule has 56 valence electrons. The van der Waals surface area contributed by atoms with Gasteiger partial charge in [-0.05, 0) is 6.26 Å². The van der Waals surface area contributed by atoms with Crippen molar-refractivity contribution in [2.75, 3.05) is 7.11 Å². The molecule has 0 N–H and O–H groups in total. The van der Waals surface area contributed by atoms with Crippen LogP contribution in [0.25, 0.3) is 0 Å². The number of ether oxygens (including phenoxy) is 1. The third kappa shape index (κ3) is 3.64. The number of carbonyl (C=O) groups is 1. The Labute approximate surface area is 86.7 Å². The van der Waals surface area contributed by atoms with Gasteiger partial charge in [0.05, 0.1) is 12.9 Å². The van der Waals surface area contributed by atoms with Crippen molar-refractivity contribution in [1.29, 1.82) is 0 Å². The summed E-state index contributed by atoms with van der Waals surface area (Å²) in [5.41, 5.74) is 0. The number of hydrogen-bond donors (Lipinski definition) is 0. The maximum absolute atomic E-state index is 10.5. The van der Waals surface area contributed by atoms with Crippen LogP contribution in [0.3, 0.4) is 0 Å². The first-order valence-corrected chi connectivity index (χ1v) is 2.39. The molecule has 0 aromatic carbocycles. The van der Waals surface area contributed by atoms with Gasteiger partial charge >= 0.3 is 29.0 Å². The molecule has 0 bridgehead atoms. The predicted molar refractivity (Wildman–Crippen MR) is 34.6 cm³/mol. The minimum Gasteiger partial charge on any atom is -1.00 e. The minimum atomic E-state index is -0.476. The first-order valence-electron chi connectivity index (χ1n) is 2.39. The van der Waals surface area contributed by atoms with Crippen LogP contribution in [0.4, 0.5) is 0 Å². The van der Waals surface area contributed by atoms with Crippen LogP contribution >= 0.6 is 0 Å². The van der Waals surface area contributed by atoms with Gasteiger partial charge in [-0.25, -0.2) is 0 Å². The standard InChI is InChI=1S/C6H5O3.ClH.Mg/c1-8-6(7)5-3-2-4-9-5;;/h2-3H,1H3;1H;/q-1;;+2/p-1. The van der Waals surface area contributed by atoms with E-state index in [9.17, 15) is 4.79 Å². The van der Waals surface area contributed by atoms with Crippen LogP contribution < -0.4 is 12.4 Å². The van der Waals surface area contributed by atoms with E-state index in [1.807, 2.05) is 0 Å². The molecule has 1 aromatic heterocycles. The molecule has 3 nitrogen and oxygen atoms in total. The summed E-state index contributed by atoms with van der Waals surface area (Å²) in [6.45, 7) is 0. The zero-order valence-electron chi connectivity index (χ0n) is 5.96. The number of esters is 1. The van der Waals surface area contributed by atoms with Crippen LogP contribution in [0.2, 0.25) is 0 Å². The van der Waals surface area contributed by atoms with Gasteiger partial charge in [-0.15, -0.1) is 6.07 Å². The molecule has 0 saturated carbocycles. The zero-order chi connectivity index (χ0) is 6.69. The molecular weight excluding hydrogens is 180 g/mol. The van der Waals surface area contributed by atoms with Gasteiger partial charge in [0.2, 0.25) is 0 Å². The van der Waals surface area contributed by atoms with Crippen LogP contribution in [-0.4, -0.2) is 36.1 Å². The van der Waals surface area contributed by atoms with Crippen molar-refractivity contribution in [1.82, 2.24) is 0 Å². The van der Waals surface area contributed by atoms with Crippen molar-refractivity contribution in [2.24, 2.45) is 0 Å². The molecule has 0 aliphatic rings. The number of rotatable bonds is 1. The van der Waals surface area contributed by atoms with Gasteiger partial charge in [-0.3, -0.25) is 4.79 Å². The summed E-state index contributed by atoms with van der Waals surface area (Å²) in [6.07, 6.45) is 2.37. The van der Waals surface area contributed by atoms with Gasteiger partial charge in [-0.2, -0.15) is 6.07 Å². The molecule has 1 heterocycles. The van der Waals surface area contributed by atoms with Gasteiger partial charge in [-0.1, -0.05) is 0 Å². The topological polar surface area (TPSA) is 39.4 Å². The maximum Gasteiger partial charge on any atom is 2.00 e. The fourth-order valence-corrected chi connectivity index (χ4v) is 0.452. The second-order valence-corrected chi connectivity index (χ2v) is 1.41. The second kappa shape index (κ2) is 6.51. The Kier molecular flexibility index (Phi) is 7.93. The summed E-state index contributed by atoms with van der Waals surface area (Å²) in [5, 5.41) is 0. The van der Waals surface area contributed by atoms with E-state index in [2.05, 4.69) is 15.4 Å². The van der Waals surface area contributed by atoms with Crippen molar-refractivity contribution >= 4 is 29.0 Å². The minimum absolute atomic E-state index is 0. The first kappa shape index (κ1) is 13.4. The second-order valence-electron chi connectivity index (χ2n) is 1.41. The largest absolute Gasteiger partial charge is 2.00 e. The smallest absolute Gasteiger partial charge is 1.00 e. The Bertz CT molecular complexity index is 198. The number of methoxy groups -OCH3 is 1. The molecule has 0 aliphatic carbocycles. The van der Waals surface area contributed by atoms with Gasteiger partial charge in [0, 0.05) is 0 Å². The van der Waals surface area contributed by atoms with E-state index >= 15 is 0 Å². The predicted octanol–water partition coefficient (Wildman–Crippen LogP) is -2.51. The molecule has 0 aliphatic heterocycles. The third-order valence-corrected chi connectivity index (χ3v) is 0.858. The van der Waals surface area contributed by atoms with Gasteiger partial charge in [0.15, 0.2) is 0 Å². The Balaban J connectivity index is 0. The molecular formula is C6H5ClMgO3. The van der Waals surface area contributed by atoms with E-state index < -0.39 is 5.97 Å². The van der Waals surface area contributed by atoms with E-state index in [1.54, 1.807) is 0 Å². The van der Waals surface area contributed by atoms with E-state index in [4.69, 9.17) is 0 Å². The van der Waals surface area contributed by atoms with E-state index in [1.165, 1.54) is 19.2 Å². The van der Waals surface area contributed by atoms with Crippen LogP contribution in [0.15, 0.2) is 16.5 Å². The maximum atomic E-state index is 10.5. The van der Waals surface area contributed by atoms with Crippen molar-refractivity contribution in [3.05, 3.63) is 24.2 Å².